The minimum absolute atomic E-state index is 0.00910. The van der Waals surface area contributed by atoms with Gasteiger partial charge in [-0.15, -0.1) is 0 Å². The number of aliphatic hydroxyl groups is 1. The van der Waals surface area contributed by atoms with Crippen molar-refractivity contribution in [2.45, 2.75) is 12.5 Å². The van der Waals surface area contributed by atoms with Crippen LogP contribution in [-0.4, -0.2) is 38.9 Å². The molecule has 3 N–H and O–H groups in total. The zero-order chi connectivity index (χ0) is 25.3. The van der Waals surface area contributed by atoms with Crippen LogP contribution in [0.2, 0.25) is 5.02 Å². The highest BCUT2D eigenvalue weighted by Crippen LogP contribution is 2.43. The van der Waals surface area contributed by atoms with Crippen LogP contribution in [0.4, 0.5) is 5.69 Å². The first-order valence-electron chi connectivity index (χ1n) is 10.4. The highest BCUT2D eigenvalue weighted by molar-refractivity contribution is 6.52. The summed E-state index contributed by atoms with van der Waals surface area (Å²) >= 11 is 6.23. The predicted molar refractivity (Wildman–Crippen MR) is 127 cm³/mol. The molecule has 0 spiro atoms. The lowest BCUT2D eigenvalue weighted by Crippen LogP contribution is -2.29. The first-order valence-corrected chi connectivity index (χ1v) is 10.8. The van der Waals surface area contributed by atoms with E-state index in [-0.39, 0.29) is 28.1 Å². The molecule has 1 saturated heterocycles. The second-order valence-corrected chi connectivity index (χ2v) is 8.22. The summed E-state index contributed by atoms with van der Waals surface area (Å²) in [6.45, 7) is 0. The topological polar surface area (TPSA) is 132 Å². The molecule has 0 bridgehead atoms. The van der Waals surface area contributed by atoms with Crippen molar-refractivity contribution >= 4 is 46.7 Å². The number of carboxylic acids is 2. The van der Waals surface area contributed by atoms with Gasteiger partial charge in [-0.3, -0.25) is 19.3 Å². The van der Waals surface area contributed by atoms with Gasteiger partial charge < -0.3 is 15.3 Å². The molecule has 176 valence electrons. The molecule has 3 aromatic carbocycles. The van der Waals surface area contributed by atoms with Crippen LogP contribution in [0.5, 0.6) is 0 Å². The Kier molecular flexibility index (Phi) is 6.40. The summed E-state index contributed by atoms with van der Waals surface area (Å²) in [5, 5.41) is 29.5. The molecular formula is C26H18ClNO7. The van der Waals surface area contributed by atoms with Gasteiger partial charge in [-0.05, 0) is 47.5 Å². The summed E-state index contributed by atoms with van der Waals surface area (Å²) in [6, 6.07) is 16.9. The molecule has 0 saturated carbocycles. The minimum atomic E-state index is -1.14. The monoisotopic (exact) mass is 491 g/mol. The summed E-state index contributed by atoms with van der Waals surface area (Å²) in [6.07, 6.45) is -0.217. The Labute approximate surface area is 204 Å². The summed E-state index contributed by atoms with van der Waals surface area (Å²) in [5.41, 5.74) is 1.15. The van der Waals surface area contributed by atoms with Gasteiger partial charge in [-0.25, -0.2) is 4.79 Å². The number of amides is 1. The lowest BCUT2D eigenvalue weighted by atomic mass is 9.94. The van der Waals surface area contributed by atoms with E-state index >= 15 is 0 Å². The number of benzene rings is 3. The van der Waals surface area contributed by atoms with Crippen molar-refractivity contribution in [3.63, 3.8) is 0 Å². The number of aromatic carboxylic acids is 1. The second-order valence-electron chi connectivity index (χ2n) is 7.81. The van der Waals surface area contributed by atoms with E-state index in [1.54, 1.807) is 12.1 Å². The number of hydrogen-bond acceptors (Lipinski definition) is 5. The highest BCUT2D eigenvalue weighted by atomic mass is 35.5. The fourth-order valence-corrected chi connectivity index (χ4v) is 4.19. The van der Waals surface area contributed by atoms with Crippen LogP contribution < -0.4 is 4.90 Å². The zero-order valence-electron chi connectivity index (χ0n) is 18.0. The van der Waals surface area contributed by atoms with E-state index in [2.05, 4.69) is 0 Å². The van der Waals surface area contributed by atoms with E-state index in [1.165, 1.54) is 65.6 Å². The lowest BCUT2D eigenvalue weighted by Gasteiger charge is -2.25. The number of rotatable bonds is 6. The Morgan fingerprint density at radius 3 is 2.06 bits per heavy atom. The number of anilines is 1. The van der Waals surface area contributed by atoms with Crippen molar-refractivity contribution in [3.05, 3.63) is 106 Å². The maximum absolute atomic E-state index is 13.2. The Morgan fingerprint density at radius 1 is 0.857 bits per heavy atom. The Hall–Kier alpha value is -4.43. The van der Waals surface area contributed by atoms with Crippen molar-refractivity contribution in [2.75, 3.05) is 4.90 Å². The number of carbonyl (C=O) groups is 4. The Bertz CT molecular complexity index is 1380. The number of aliphatic carboxylic acids is 1. The largest absolute Gasteiger partial charge is 0.507 e. The van der Waals surface area contributed by atoms with E-state index in [9.17, 15) is 29.4 Å². The third kappa shape index (κ3) is 4.51. The van der Waals surface area contributed by atoms with Crippen molar-refractivity contribution < 1.29 is 34.5 Å². The van der Waals surface area contributed by atoms with Crippen LogP contribution in [0, 0.1) is 0 Å². The molecule has 1 aliphatic rings. The van der Waals surface area contributed by atoms with Gasteiger partial charge in [-0.2, -0.15) is 0 Å². The number of halogens is 1. The number of carbonyl (C=O) groups excluding carboxylic acids is 2. The summed E-state index contributed by atoms with van der Waals surface area (Å²) in [7, 11) is 0. The lowest BCUT2D eigenvalue weighted by molar-refractivity contribution is -0.136. The molecule has 3 aromatic rings. The highest BCUT2D eigenvalue weighted by Gasteiger charge is 2.47. The SMILES string of the molecule is O=C(O)Cc1ccc(N2C(=O)C(=O)/C(=C(/O)c3ccccc3Cl)C2c2ccc(C(=O)O)cc2)cc1. The first kappa shape index (κ1) is 23.7. The molecule has 1 aliphatic heterocycles. The van der Waals surface area contributed by atoms with E-state index in [0.717, 1.165) is 0 Å². The Balaban J connectivity index is 1.90. The van der Waals surface area contributed by atoms with Gasteiger partial charge in [0.25, 0.3) is 11.7 Å². The van der Waals surface area contributed by atoms with Gasteiger partial charge >= 0.3 is 11.9 Å². The van der Waals surface area contributed by atoms with Crippen molar-refractivity contribution in [3.8, 4) is 0 Å². The van der Waals surface area contributed by atoms with Gasteiger partial charge in [0.2, 0.25) is 0 Å². The number of aliphatic hydroxyl groups excluding tert-OH is 1. The van der Waals surface area contributed by atoms with Crippen LogP contribution in [0.3, 0.4) is 0 Å². The number of nitrogens with zero attached hydrogens (tertiary/aromatic N) is 1. The summed E-state index contributed by atoms with van der Waals surface area (Å²) in [5.74, 6) is -4.47. The summed E-state index contributed by atoms with van der Waals surface area (Å²) in [4.78, 5) is 49.8. The number of carboxylic acid groups (broad SMARTS) is 2. The van der Waals surface area contributed by atoms with E-state index < -0.39 is 35.4 Å². The third-order valence-electron chi connectivity index (χ3n) is 5.62. The fourth-order valence-electron chi connectivity index (χ4n) is 3.97. The molecule has 8 nitrogen and oxygen atoms in total. The molecule has 0 radical (unpaired) electrons. The quantitative estimate of drug-likeness (QED) is 0.266. The van der Waals surface area contributed by atoms with Crippen LogP contribution in [0.15, 0.2) is 78.4 Å². The fraction of sp³-hybridized carbons (Fsp3) is 0.0769. The standard InChI is InChI=1S/C26H18ClNO7/c27-19-4-2-1-3-18(19)23(31)21-22(15-7-9-16(10-8-15)26(34)35)28(25(33)24(21)32)17-11-5-14(6-12-17)13-20(29)30/h1-12,22,31H,13H2,(H,29,30)(H,34,35)/b23-21+. The predicted octanol–water partition coefficient (Wildman–Crippen LogP) is 4.29. The molecule has 1 unspecified atom stereocenters. The Morgan fingerprint density at radius 2 is 1.49 bits per heavy atom. The molecule has 4 rings (SSSR count). The van der Waals surface area contributed by atoms with Gasteiger partial charge in [0, 0.05) is 11.3 Å². The van der Waals surface area contributed by atoms with E-state index in [4.69, 9.17) is 16.7 Å². The number of ketones is 1. The first-order chi connectivity index (χ1) is 16.7. The minimum Gasteiger partial charge on any atom is -0.507 e. The molecule has 35 heavy (non-hydrogen) atoms. The van der Waals surface area contributed by atoms with Gasteiger partial charge in [0.05, 0.1) is 28.6 Å². The maximum Gasteiger partial charge on any atom is 0.335 e. The molecule has 1 atom stereocenters. The number of hydrogen-bond donors (Lipinski definition) is 3. The molecule has 1 fully saturated rings. The molecular weight excluding hydrogens is 474 g/mol. The average molecular weight is 492 g/mol. The molecule has 0 aliphatic carbocycles. The van der Waals surface area contributed by atoms with Crippen LogP contribution >= 0.6 is 11.6 Å². The molecule has 0 aromatic heterocycles. The van der Waals surface area contributed by atoms with Gasteiger partial charge in [-0.1, -0.05) is 48.0 Å². The normalized spacial score (nSPS) is 16.9. The van der Waals surface area contributed by atoms with Crippen molar-refractivity contribution in [1.29, 1.82) is 0 Å². The molecule has 1 amide bonds. The summed E-state index contributed by atoms with van der Waals surface area (Å²) < 4.78 is 0. The van der Waals surface area contributed by atoms with Crippen LogP contribution in [-0.2, 0) is 20.8 Å². The van der Waals surface area contributed by atoms with E-state index in [1.807, 2.05) is 0 Å². The zero-order valence-corrected chi connectivity index (χ0v) is 18.8. The van der Waals surface area contributed by atoms with Crippen LogP contribution in [0.1, 0.15) is 33.1 Å². The van der Waals surface area contributed by atoms with Gasteiger partial charge in [0.1, 0.15) is 5.76 Å². The number of Topliss-reactive ketones (excluding diaryl/α,β-unsaturated/α-hetero) is 1. The average Bonchev–Trinajstić information content (AvgIpc) is 3.09. The molecule has 1 heterocycles. The smallest absolute Gasteiger partial charge is 0.335 e. The maximum atomic E-state index is 13.2. The second kappa shape index (κ2) is 9.44. The van der Waals surface area contributed by atoms with Crippen molar-refractivity contribution in [2.24, 2.45) is 0 Å². The van der Waals surface area contributed by atoms with E-state index in [0.29, 0.717) is 16.8 Å². The molecule has 9 heteroatoms. The third-order valence-corrected chi connectivity index (χ3v) is 5.95. The van der Waals surface area contributed by atoms with Crippen LogP contribution in [0.25, 0.3) is 5.76 Å². The van der Waals surface area contributed by atoms with Gasteiger partial charge in [0.15, 0.2) is 0 Å². The van der Waals surface area contributed by atoms with Crippen molar-refractivity contribution in [1.82, 2.24) is 0 Å².